The van der Waals surface area contributed by atoms with Gasteiger partial charge in [0.25, 0.3) is 15.7 Å². The highest BCUT2D eigenvalue weighted by atomic mass is 79.9. The number of carbonyl (C=O) groups is 1. The van der Waals surface area contributed by atoms with Crippen LogP contribution in [-0.2, 0) is 14.8 Å². The molecule has 0 unspecified atom stereocenters. The van der Waals surface area contributed by atoms with Gasteiger partial charge in [-0.05, 0) is 42.5 Å². The lowest BCUT2D eigenvalue weighted by molar-refractivity contribution is -0.384. The van der Waals surface area contributed by atoms with Crippen molar-refractivity contribution in [3.8, 4) is 11.5 Å². The first-order chi connectivity index (χ1) is 15.2. The van der Waals surface area contributed by atoms with Gasteiger partial charge in [0.1, 0.15) is 11.5 Å². The quantitative estimate of drug-likeness (QED) is 0.285. The molecule has 0 spiro atoms. The average molecular weight is 517 g/mol. The summed E-state index contributed by atoms with van der Waals surface area (Å²) >= 11 is 3.36. The van der Waals surface area contributed by atoms with Gasteiger partial charge in [-0.2, -0.15) is 0 Å². The largest absolute Gasteiger partial charge is 0.457 e. The second-order valence-electron chi connectivity index (χ2n) is 6.59. The Morgan fingerprint density at radius 1 is 1.00 bits per heavy atom. The minimum atomic E-state index is -3.92. The summed E-state index contributed by atoms with van der Waals surface area (Å²) < 4.78 is 38.7. The summed E-state index contributed by atoms with van der Waals surface area (Å²) in [6.45, 7) is 0. The fraction of sp³-hybridized carbons (Fsp3) is 0. The summed E-state index contributed by atoms with van der Waals surface area (Å²) in [6.07, 6.45) is 0. The van der Waals surface area contributed by atoms with Gasteiger partial charge in [0.15, 0.2) is 5.76 Å². The second kappa shape index (κ2) is 8.44. The van der Waals surface area contributed by atoms with E-state index >= 15 is 0 Å². The maximum absolute atomic E-state index is 12.6. The Labute approximate surface area is 190 Å². The lowest BCUT2D eigenvalue weighted by atomic mass is 10.1. The Hall–Kier alpha value is -3.70. The predicted molar refractivity (Wildman–Crippen MR) is 120 cm³/mol. The second-order valence-corrected chi connectivity index (χ2v) is 9.04. The Morgan fingerprint density at radius 3 is 2.50 bits per heavy atom. The van der Waals surface area contributed by atoms with Crippen LogP contribution in [0.1, 0.15) is 15.9 Å². The molecule has 0 saturated heterocycles. The Kier molecular flexibility index (Phi) is 5.68. The number of carbonyl (C=O) groups excluding carboxylic acids is 1. The number of nitro groups is 1. The van der Waals surface area contributed by atoms with Crippen LogP contribution >= 0.6 is 15.9 Å². The van der Waals surface area contributed by atoms with Gasteiger partial charge in [-0.1, -0.05) is 28.1 Å². The summed E-state index contributed by atoms with van der Waals surface area (Å²) in [7, 11) is -3.92. The van der Waals surface area contributed by atoms with Crippen LogP contribution in [0.15, 0.2) is 76.6 Å². The van der Waals surface area contributed by atoms with Gasteiger partial charge in [0.05, 0.1) is 21.6 Å². The first kappa shape index (κ1) is 21.5. The minimum absolute atomic E-state index is 0.0980. The molecule has 162 valence electrons. The van der Waals surface area contributed by atoms with Crippen LogP contribution in [0.4, 0.5) is 11.4 Å². The Morgan fingerprint density at radius 2 is 1.75 bits per heavy atom. The average Bonchev–Trinajstić information content (AvgIpc) is 2.73. The Bertz CT molecular complexity index is 1390. The highest BCUT2D eigenvalue weighted by Gasteiger charge is 2.26. The normalized spacial score (nSPS) is 13.8. The number of non-ortho nitro benzene ring substituents is 1. The third kappa shape index (κ3) is 4.79. The fourth-order valence-electron chi connectivity index (χ4n) is 2.92. The number of anilines is 1. The molecule has 0 radical (unpaired) electrons. The standard InChI is InChI=1S/C21H13BrN2O7S/c22-14-4-2-6-16(10-14)30-17-7-8-19-18(11-17)20(12-32(28,29)23-19)31-21(25)13-3-1-5-15(9-13)24(26)27/h1-12,23H. The van der Waals surface area contributed by atoms with Crippen molar-refractivity contribution in [3.05, 3.63) is 97.9 Å². The summed E-state index contributed by atoms with van der Waals surface area (Å²) in [5, 5.41) is 11.7. The van der Waals surface area contributed by atoms with Crippen LogP contribution in [0.25, 0.3) is 5.76 Å². The zero-order chi connectivity index (χ0) is 22.9. The van der Waals surface area contributed by atoms with Crippen molar-refractivity contribution in [3.63, 3.8) is 0 Å². The van der Waals surface area contributed by atoms with E-state index in [-0.39, 0.29) is 28.3 Å². The van der Waals surface area contributed by atoms with Crippen LogP contribution in [0.5, 0.6) is 11.5 Å². The lowest BCUT2D eigenvalue weighted by Crippen LogP contribution is -2.18. The number of ether oxygens (including phenoxy) is 2. The zero-order valence-electron chi connectivity index (χ0n) is 16.0. The summed E-state index contributed by atoms with van der Waals surface area (Å²) in [6, 6.07) is 16.6. The maximum Gasteiger partial charge on any atom is 0.343 e. The predicted octanol–water partition coefficient (Wildman–Crippen LogP) is 5.06. The molecule has 11 heteroatoms. The molecule has 1 N–H and O–H groups in total. The fourth-order valence-corrected chi connectivity index (χ4v) is 4.30. The van der Waals surface area contributed by atoms with E-state index < -0.39 is 20.9 Å². The number of sulfonamides is 1. The van der Waals surface area contributed by atoms with Gasteiger partial charge in [-0.15, -0.1) is 0 Å². The van der Waals surface area contributed by atoms with Gasteiger partial charge in [-0.3, -0.25) is 14.8 Å². The molecule has 0 aromatic heterocycles. The third-order valence-corrected chi connectivity index (χ3v) is 5.82. The molecule has 3 aromatic rings. The number of nitro benzene ring substituents is 1. The number of nitrogens with one attached hydrogen (secondary N) is 1. The summed E-state index contributed by atoms with van der Waals surface area (Å²) in [5.41, 5.74) is 0.0672. The lowest BCUT2D eigenvalue weighted by Gasteiger charge is -2.20. The van der Waals surface area contributed by atoms with E-state index in [9.17, 15) is 23.3 Å². The van der Waals surface area contributed by atoms with E-state index in [1.807, 2.05) is 6.07 Å². The third-order valence-electron chi connectivity index (χ3n) is 4.30. The molecule has 0 aliphatic carbocycles. The number of nitrogens with zero attached hydrogens (tertiary/aromatic N) is 1. The number of benzene rings is 3. The van der Waals surface area contributed by atoms with Crippen molar-refractivity contribution < 1.29 is 27.6 Å². The van der Waals surface area contributed by atoms with Crippen LogP contribution in [-0.4, -0.2) is 19.3 Å². The highest BCUT2D eigenvalue weighted by molar-refractivity contribution is 9.10. The topological polar surface area (TPSA) is 125 Å². The zero-order valence-corrected chi connectivity index (χ0v) is 18.4. The van der Waals surface area contributed by atoms with Crippen molar-refractivity contribution in [1.82, 2.24) is 0 Å². The molecular weight excluding hydrogens is 504 g/mol. The monoisotopic (exact) mass is 516 g/mol. The van der Waals surface area contributed by atoms with Gasteiger partial charge >= 0.3 is 5.97 Å². The van der Waals surface area contributed by atoms with E-state index in [0.29, 0.717) is 11.5 Å². The molecular formula is C21H13BrN2O7S. The first-order valence-electron chi connectivity index (χ1n) is 8.99. The first-order valence-corrected chi connectivity index (χ1v) is 11.3. The molecule has 1 heterocycles. The SMILES string of the molecule is O=C(OC1=CS(=O)(=O)Nc2ccc(Oc3cccc(Br)c3)cc21)c1cccc([N+](=O)[O-])c1. The van der Waals surface area contributed by atoms with Gasteiger partial charge in [-0.25, -0.2) is 13.2 Å². The van der Waals surface area contributed by atoms with E-state index in [0.717, 1.165) is 15.9 Å². The highest BCUT2D eigenvalue weighted by Crippen LogP contribution is 2.36. The number of rotatable bonds is 5. The number of halogens is 1. The van der Waals surface area contributed by atoms with E-state index in [1.165, 1.54) is 30.3 Å². The Balaban J connectivity index is 1.66. The molecule has 9 nitrogen and oxygen atoms in total. The molecule has 0 fully saturated rings. The molecule has 0 bridgehead atoms. The molecule has 1 aliphatic rings. The number of hydrogen-bond acceptors (Lipinski definition) is 7. The van der Waals surface area contributed by atoms with Crippen molar-refractivity contribution in [2.45, 2.75) is 0 Å². The van der Waals surface area contributed by atoms with E-state index in [4.69, 9.17) is 9.47 Å². The summed E-state index contributed by atoms with van der Waals surface area (Å²) in [4.78, 5) is 22.9. The van der Waals surface area contributed by atoms with Crippen molar-refractivity contribution in [2.75, 3.05) is 4.72 Å². The number of hydrogen-bond donors (Lipinski definition) is 1. The number of esters is 1. The number of fused-ring (bicyclic) bond motifs is 1. The summed E-state index contributed by atoms with van der Waals surface area (Å²) in [5.74, 6) is -0.272. The minimum Gasteiger partial charge on any atom is -0.457 e. The van der Waals surface area contributed by atoms with Crippen molar-refractivity contribution >= 4 is 49.1 Å². The maximum atomic E-state index is 12.6. The van der Waals surface area contributed by atoms with E-state index in [2.05, 4.69) is 20.7 Å². The molecule has 4 rings (SSSR count). The molecule has 1 aliphatic heterocycles. The van der Waals surface area contributed by atoms with Gasteiger partial charge in [0, 0.05) is 22.2 Å². The van der Waals surface area contributed by atoms with Crippen LogP contribution < -0.4 is 9.46 Å². The molecule has 0 atom stereocenters. The van der Waals surface area contributed by atoms with Gasteiger partial charge < -0.3 is 9.47 Å². The van der Waals surface area contributed by atoms with Crippen LogP contribution in [0.3, 0.4) is 0 Å². The van der Waals surface area contributed by atoms with Crippen LogP contribution in [0.2, 0.25) is 0 Å². The molecule has 0 amide bonds. The van der Waals surface area contributed by atoms with Crippen molar-refractivity contribution in [2.24, 2.45) is 0 Å². The van der Waals surface area contributed by atoms with Crippen LogP contribution in [0, 0.1) is 10.1 Å². The molecule has 3 aromatic carbocycles. The van der Waals surface area contributed by atoms with Crippen molar-refractivity contribution in [1.29, 1.82) is 0 Å². The molecule has 0 saturated carbocycles. The molecule has 32 heavy (non-hydrogen) atoms. The van der Waals surface area contributed by atoms with E-state index in [1.54, 1.807) is 24.3 Å². The van der Waals surface area contributed by atoms with Gasteiger partial charge in [0.2, 0.25) is 0 Å². The smallest absolute Gasteiger partial charge is 0.343 e.